The summed E-state index contributed by atoms with van der Waals surface area (Å²) in [4.78, 5) is 21.3. The Morgan fingerprint density at radius 1 is 1.19 bits per heavy atom. The number of hydrogen-bond acceptors (Lipinski definition) is 4. The van der Waals surface area contributed by atoms with Crippen molar-refractivity contribution in [3.63, 3.8) is 0 Å². The topological polar surface area (TPSA) is 115 Å². The van der Waals surface area contributed by atoms with Crippen LogP contribution in [0.5, 0.6) is 11.5 Å². The highest BCUT2D eigenvalue weighted by Crippen LogP contribution is 2.35. The fourth-order valence-electron chi connectivity index (χ4n) is 1.33. The predicted molar refractivity (Wildman–Crippen MR) is 52.4 cm³/mol. The summed E-state index contributed by atoms with van der Waals surface area (Å²) in [6, 6.07) is 3.78. The number of benzene rings is 1. The van der Waals surface area contributed by atoms with Crippen molar-refractivity contribution in [3.8, 4) is 11.5 Å². The molecule has 86 valence electrons. The summed E-state index contributed by atoms with van der Waals surface area (Å²) in [5.74, 6) is -5.13. The van der Waals surface area contributed by atoms with Crippen molar-refractivity contribution in [2.75, 3.05) is 0 Å². The molecule has 0 aliphatic carbocycles. The second-order valence-electron chi connectivity index (χ2n) is 3.20. The van der Waals surface area contributed by atoms with E-state index in [1.165, 1.54) is 18.2 Å². The summed E-state index contributed by atoms with van der Waals surface area (Å²) in [5.41, 5.74) is -0.116. The van der Waals surface area contributed by atoms with Gasteiger partial charge in [-0.25, -0.2) is 0 Å². The highest BCUT2D eigenvalue weighted by molar-refractivity contribution is 5.83. The molecule has 0 amide bonds. The van der Waals surface area contributed by atoms with Gasteiger partial charge in [0.1, 0.15) is 0 Å². The van der Waals surface area contributed by atoms with E-state index < -0.39 is 35.8 Å². The van der Waals surface area contributed by atoms with Crippen LogP contribution in [0.2, 0.25) is 0 Å². The molecule has 1 rings (SSSR count). The molecule has 16 heavy (non-hydrogen) atoms. The van der Waals surface area contributed by atoms with Gasteiger partial charge >= 0.3 is 11.9 Å². The summed E-state index contributed by atoms with van der Waals surface area (Å²) < 4.78 is 0. The van der Waals surface area contributed by atoms with Crippen molar-refractivity contribution in [3.05, 3.63) is 23.8 Å². The van der Waals surface area contributed by atoms with Crippen LogP contribution in [0.1, 0.15) is 17.9 Å². The van der Waals surface area contributed by atoms with Crippen LogP contribution in [-0.2, 0) is 9.59 Å². The Bertz CT molecular complexity index is 425. The molecule has 0 aromatic heterocycles. The largest absolute Gasteiger partial charge is 0.504 e. The molecule has 0 saturated carbocycles. The Balaban J connectivity index is 3.16. The van der Waals surface area contributed by atoms with Crippen molar-refractivity contribution in [1.29, 1.82) is 0 Å². The maximum atomic E-state index is 10.8. The van der Waals surface area contributed by atoms with Gasteiger partial charge in [0.15, 0.2) is 11.5 Å². The summed E-state index contributed by atoms with van der Waals surface area (Å²) >= 11 is 0. The number of carboxylic acid groups (broad SMARTS) is 2. The van der Waals surface area contributed by atoms with Gasteiger partial charge in [0.2, 0.25) is 0 Å². The van der Waals surface area contributed by atoms with Crippen molar-refractivity contribution < 1.29 is 30.0 Å². The molecule has 6 nitrogen and oxygen atoms in total. The minimum Gasteiger partial charge on any atom is -0.504 e. The Hall–Kier alpha value is -2.24. The van der Waals surface area contributed by atoms with Crippen LogP contribution in [-0.4, -0.2) is 32.4 Å². The van der Waals surface area contributed by atoms with Gasteiger partial charge in [-0.05, 0) is 6.07 Å². The average Bonchev–Trinajstić information content (AvgIpc) is 2.18. The molecule has 0 aliphatic heterocycles. The lowest BCUT2D eigenvalue weighted by atomic mass is 9.95. The van der Waals surface area contributed by atoms with E-state index >= 15 is 0 Å². The maximum Gasteiger partial charge on any atom is 0.311 e. The third kappa shape index (κ3) is 2.41. The zero-order valence-corrected chi connectivity index (χ0v) is 8.12. The molecule has 0 radical (unpaired) electrons. The Kier molecular flexibility index (Phi) is 3.34. The number of phenolic OH excluding ortho intramolecular Hbond substituents is 2. The second kappa shape index (κ2) is 4.52. The summed E-state index contributed by atoms with van der Waals surface area (Å²) in [5, 5.41) is 36.0. The summed E-state index contributed by atoms with van der Waals surface area (Å²) in [6.45, 7) is 0. The van der Waals surface area contributed by atoms with E-state index in [1.807, 2.05) is 0 Å². The highest BCUT2D eigenvalue weighted by Gasteiger charge is 2.26. The number of para-hydroxylation sites is 1. The number of carboxylic acids is 2. The van der Waals surface area contributed by atoms with Crippen LogP contribution >= 0.6 is 0 Å². The molecule has 6 heteroatoms. The molecule has 4 N–H and O–H groups in total. The average molecular weight is 226 g/mol. The molecule has 0 aliphatic rings. The van der Waals surface area contributed by atoms with E-state index in [9.17, 15) is 19.8 Å². The number of hydrogen-bond donors (Lipinski definition) is 4. The molecule has 0 bridgehead atoms. The van der Waals surface area contributed by atoms with Crippen LogP contribution in [0.25, 0.3) is 0 Å². The van der Waals surface area contributed by atoms with Gasteiger partial charge in [0.25, 0.3) is 0 Å². The fourth-order valence-corrected chi connectivity index (χ4v) is 1.33. The van der Waals surface area contributed by atoms with E-state index in [2.05, 4.69) is 0 Å². The first-order chi connectivity index (χ1) is 7.43. The molecule has 0 saturated heterocycles. The zero-order chi connectivity index (χ0) is 12.3. The minimum absolute atomic E-state index is 0.116. The molecule has 0 heterocycles. The molecule has 1 atom stereocenters. The van der Waals surface area contributed by atoms with Gasteiger partial charge in [-0.3, -0.25) is 9.59 Å². The molecule has 1 aromatic carbocycles. The van der Waals surface area contributed by atoms with Crippen LogP contribution in [0, 0.1) is 0 Å². The van der Waals surface area contributed by atoms with E-state index in [0.29, 0.717) is 0 Å². The van der Waals surface area contributed by atoms with Gasteiger partial charge in [-0.15, -0.1) is 0 Å². The second-order valence-corrected chi connectivity index (χ2v) is 3.20. The van der Waals surface area contributed by atoms with Crippen molar-refractivity contribution >= 4 is 11.9 Å². The maximum absolute atomic E-state index is 10.8. The standard InChI is InChI=1S/C10H10O6/c11-7-3-1-2-5(9(7)14)6(10(15)16)4-8(12)13/h1-3,6,11,14H,4H2,(H,12,13)(H,15,16). The molecule has 0 spiro atoms. The highest BCUT2D eigenvalue weighted by atomic mass is 16.4. The third-order valence-electron chi connectivity index (χ3n) is 2.10. The first-order valence-corrected chi connectivity index (χ1v) is 4.39. The number of aromatic hydroxyl groups is 2. The number of carbonyl (C=O) groups is 2. The molecule has 0 fully saturated rings. The minimum atomic E-state index is -1.38. The van der Waals surface area contributed by atoms with Gasteiger partial charge in [-0.1, -0.05) is 12.1 Å². The van der Waals surface area contributed by atoms with E-state index in [-0.39, 0.29) is 5.56 Å². The van der Waals surface area contributed by atoms with E-state index in [1.54, 1.807) is 0 Å². The molecular weight excluding hydrogens is 216 g/mol. The normalized spacial score (nSPS) is 12.0. The van der Waals surface area contributed by atoms with Gasteiger partial charge < -0.3 is 20.4 Å². The SMILES string of the molecule is O=C(O)CC(C(=O)O)c1cccc(O)c1O. The van der Waals surface area contributed by atoms with Crippen molar-refractivity contribution in [2.24, 2.45) is 0 Å². The predicted octanol–water partition coefficient (Wildman–Crippen LogP) is 0.741. The third-order valence-corrected chi connectivity index (χ3v) is 2.10. The van der Waals surface area contributed by atoms with Crippen LogP contribution in [0.3, 0.4) is 0 Å². The monoisotopic (exact) mass is 226 g/mol. The Morgan fingerprint density at radius 2 is 1.81 bits per heavy atom. The fraction of sp³-hybridized carbons (Fsp3) is 0.200. The van der Waals surface area contributed by atoms with Gasteiger partial charge in [0.05, 0.1) is 12.3 Å². The summed E-state index contributed by atoms with van der Waals surface area (Å²) in [6.07, 6.45) is -0.660. The van der Waals surface area contributed by atoms with Gasteiger partial charge in [-0.2, -0.15) is 0 Å². The van der Waals surface area contributed by atoms with Crippen molar-refractivity contribution in [1.82, 2.24) is 0 Å². The van der Waals surface area contributed by atoms with Gasteiger partial charge in [0, 0.05) is 5.56 Å². The van der Waals surface area contributed by atoms with Crippen LogP contribution in [0.4, 0.5) is 0 Å². The lowest BCUT2D eigenvalue weighted by Crippen LogP contribution is -2.16. The van der Waals surface area contributed by atoms with E-state index in [4.69, 9.17) is 10.2 Å². The quantitative estimate of drug-likeness (QED) is 0.563. The Labute approximate surface area is 90.4 Å². The number of aliphatic carboxylic acids is 2. The Morgan fingerprint density at radius 3 is 2.31 bits per heavy atom. The smallest absolute Gasteiger partial charge is 0.311 e. The molecule has 1 unspecified atom stereocenters. The zero-order valence-electron chi connectivity index (χ0n) is 8.12. The van der Waals surface area contributed by atoms with Crippen LogP contribution in [0.15, 0.2) is 18.2 Å². The lowest BCUT2D eigenvalue weighted by molar-refractivity contribution is -0.145. The first-order valence-electron chi connectivity index (χ1n) is 4.39. The molecular formula is C10H10O6. The van der Waals surface area contributed by atoms with E-state index in [0.717, 1.165) is 0 Å². The molecule has 1 aromatic rings. The van der Waals surface area contributed by atoms with Crippen molar-refractivity contribution in [2.45, 2.75) is 12.3 Å². The van der Waals surface area contributed by atoms with Crippen LogP contribution < -0.4 is 0 Å². The summed E-state index contributed by atoms with van der Waals surface area (Å²) in [7, 11) is 0. The number of rotatable bonds is 4. The lowest BCUT2D eigenvalue weighted by Gasteiger charge is -2.12. The number of phenols is 2. The first kappa shape index (κ1) is 11.8.